The van der Waals surface area contributed by atoms with Gasteiger partial charge in [-0.25, -0.2) is 0 Å². The Kier molecular flexibility index (Phi) is 4.52. The van der Waals surface area contributed by atoms with Crippen molar-refractivity contribution < 1.29 is 14.3 Å². The summed E-state index contributed by atoms with van der Waals surface area (Å²) in [5.74, 6) is -0.180. The van der Waals surface area contributed by atoms with Crippen LogP contribution < -0.4 is 16.0 Å². The van der Waals surface area contributed by atoms with E-state index in [2.05, 4.69) is 22.0 Å². The number of carbonyl (C=O) groups excluding carboxylic acids is 2. The van der Waals surface area contributed by atoms with Gasteiger partial charge >= 0.3 is 0 Å². The Morgan fingerprint density at radius 2 is 2.13 bits per heavy atom. The molecule has 0 aromatic heterocycles. The lowest BCUT2D eigenvalue weighted by atomic mass is 10.1. The molecule has 124 valence electrons. The van der Waals surface area contributed by atoms with Crippen molar-refractivity contribution in [3.8, 4) is 0 Å². The van der Waals surface area contributed by atoms with Crippen molar-refractivity contribution >= 4 is 17.5 Å². The molecule has 2 aliphatic rings. The van der Waals surface area contributed by atoms with Crippen molar-refractivity contribution in [3.63, 3.8) is 0 Å². The number of para-hydroxylation sites is 1. The predicted molar refractivity (Wildman–Crippen MR) is 87.2 cm³/mol. The zero-order valence-electron chi connectivity index (χ0n) is 13.4. The van der Waals surface area contributed by atoms with Crippen LogP contribution in [0.1, 0.15) is 24.8 Å². The third-order valence-corrected chi connectivity index (χ3v) is 4.43. The van der Waals surface area contributed by atoms with Crippen LogP contribution in [0.2, 0.25) is 0 Å². The number of ether oxygens (including phenoxy) is 1. The third-order valence-electron chi connectivity index (χ3n) is 4.43. The lowest BCUT2D eigenvalue weighted by Crippen LogP contribution is -2.50. The van der Waals surface area contributed by atoms with Crippen LogP contribution in [0.5, 0.6) is 0 Å². The van der Waals surface area contributed by atoms with Crippen molar-refractivity contribution in [2.24, 2.45) is 0 Å². The van der Waals surface area contributed by atoms with Gasteiger partial charge < -0.3 is 20.7 Å². The minimum absolute atomic E-state index is 0.0744. The van der Waals surface area contributed by atoms with Gasteiger partial charge in [0.2, 0.25) is 11.8 Å². The molecule has 0 bridgehead atoms. The predicted octanol–water partition coefficient (Wildman–Crippen LogP) is 0.825. The quantitative estimate of drug-likeness (QED) is 0.651. The van der Waals surface area contributed by atoms with E-state index in [1.165, 1.54) is 5.56 Å². The molecule has 1 saturated carbocycles. The van der Waals surface area contributed by atoms with Crippen molar-refractivity contribution in [3.05, 3.63) is 29.8 Å². The van der Waals surface area contributed by atoms with Crippen LogP contribution >= 0.6 is 0 Å². The van der Waals surface area contributed by atoms with E-state index in [1.807, 2.05) is 18.2 Å². The second kappa shape index (κ2) is 6.58. The Bertz CT molecular complexity index is 574. The van der Waals surface area contributed by atoms with Crippen LogP contribution in [-0.2, 0) is 20.7 Å². The van der Waals surface area contributed by atoms with E-state index in [0.29, 0.717) is 32.4 Å². The molecular weight excluding hydrogens is 294 g/mol. The number of benzene rings is 1. The van der Waals surface area contributed by atoms with Gasteiger partial charge in [0.25, 0.3) is 0 Å². The van der Waals surface area contributed by atoms with Gasteiger partial charge in [0, 0.05) is 31.8 Å². The molecular formula is C17H23N3O3. The summed E-state index contributed by atoms with van der Waals surface area (Å²) in [4.78, 5) is 24.4. The lowest BCUT2D eigenvalue weighted by molar-refractivity contribution is -0.130. The van der Waals surface area contributed by atoms with Crippen molar-refractivity contribution in [1.82, 2.24) is 10.6 Å². The molecule has 6 nitrogen and oxygen atoms in total. The Hall–Kier alpha value is -2.08. The van der Waals surface area contributed by atoms with Crippen LogP contribution in [0.3, 0.4) is 0 Å². The minimum Gasteiger partial charge on any atom is -0.383 e. The molecule has 0 unspecified atom stereocenters. The lowest BCUT2D eigenvalue weighted by Gasteiger charge is -2.19. The van der Waals surface area contributed by atoms with Crippen LogP contribution in [-0.4, -0.2) is 43.7 Å². The fraction of sp³-hybridized carbons (Fsp3) is 0.529. The van der Waals surface area contributed by atoms with Crippen LogP contribution in [0, 0.1) is 0 Å². The maximum absolute atomic E-state index is 12.3. The number of nitrogens with one attached hydrogen (secondary N) is 3. The first kappa shape index (κ1) is 15.8. The zero-order valence-corrected chi connectivity index (χ0v) is 13.4. The molecule has 1 aliphatic heterocycles. The zero-order chi connectivity index (χ0) is 16.3. The Morgan fingerprint density at radius 1 is 1.35 bits per heavy atom. The molecule has 23 heavy (non-hydrogen) atoms. The smallest absolute Gasteiger partial charge is 0.245 e. The third kappa shape index (κ3) is 3.64. The second-order valence-corrected chi connectivity index (χ2v) is 6.29. The van der Waals surface area contributed by atoms with E-state index in [0.717, 1.165) is 12.1 Å². The molecule has 1 heterocycles. The average Bonchev–Trinajstić information content (AvgIpc) is 3.19. The minimum atomic E-state index is -0.698. The summed E-state index contributed by atoms with van der Waals surface area (Å²) in [5.41, 5.74) is 1.64. The largest absolute Gasteiger partial charge is 0.383 e. The Balaban J connectivity index is 1.48. The average molecular weight is 317 g/mol. The fourth-order valence-corrected chi connectivity index (χ4v) is 3.01. The molecule has 0 spiro atoms. The van der Waals surface area contributed by atoms with Gasteiger partial charge in [0.1, 0.15) is 5.54 Å². The molecule has 6 heteroatoms. The van der Waals surface area contributed by atoms with E-state index >= 15 is 0 Å². The van der Waals surface area contributed by atoms with Crippen molar-refractivity contribution in [2.75, 3.05) is 25.6 Å². The van der Waals surface area contributed by atoms with Gasteiger partial charge in [-0.2, -0.15) is 0 Å². The van der Waals surface area contributed by atoms with Gasteiger partial charge in [-0.15, -0.1) is 0 Å². The number of rotatable bonds is 7. The van der Waals surface area contributed by atoms with E-state index in [-0.39, 0.29) is 17.9 Å². The van der Waals surface area contributed by atoms with Gasteiger partial charge in [-0.3, -0.25) is 9.59 Å². The molecule has 1 fully saturated rings. The molecule has 2 amide bonds. The maximum Gasteiger partial charge on any atom is 0.245 e. The van der Waals surface area contributed by atoms with Crippen molar-refractivity contribution in [2.45, 2.75) is 37.3 Å². The van der Waals surface area contributed by atoms with Gasteiger partial charge in [0.15, 0.2) is 0 Å². The summed E-state index contributed by atoms with van der Waals surface area (Å²) in [5, 5.41) is 9.09. The summed E-state index contributed by atoms with van der Waals surface area (Å²) < 4.78 is 4.92. The maximum atomic E-state index is 12.3. The van der Waals surface area contributed by atoms with Gasteiger partial charge in [-0.05, 0) is 30.9 Å². The molecule has 3 rings (SSSR count). The number of hydrogen-bond donors (Lipinski definition) is 3. The van der Waals surface area contributed by atoms with Gasteiger partial charge in [-0.1, -0.05) is 18.2 Å². The number of anilines is 1. The summed E-state index contributed by atoms with van der Waals surface area (Å²) in [6.45, 7) is 0.937. The van der Waals surface area contributed by atoms with Crippen LogP contribution in [0.15, 0.2) is 24.3 Å². The number of carbonyl (C=O) groups is 2. The molecule has 0 saturated heterocycles. The molecule has 1 aromatic carbocycles. The molecule has 1 aromatic rings. The summed E-state index contributed by atoms with van der Waals surface area (Å²) in [6, 6.07) is 8.19. The van der Waals surface area contributed by atoms with Crippen LogP contribution in [0.4, 0.5) is 5.69 Å². The normalized spacial score (nSPS) is 20.3. The van der Waals surface area contributed by atoms with Crippen molar-refractivity contribution in [1.29, 1.82) is 0 Å². The van der Waals surface area contributed by atoms with Gasteiger partial charge in [0.05, 0.1) is 6.61 Å². The first-order valence-corrected chi connectivity index (χ1v) is 8.06. The Morgan fingerprint density at radius 3 is 2.83 bits per heavy atom. The summed E-state index contributed by atoms with van der Waals surface area (Å²) >= 11 is 0. The highest BCUT2D eigenvalue weighted by atomic mass is 16.5. The highest BCUT2D eigenvalue weighted by molar-refractivity contribution is 5.94. The second-order valence-electron chi connectivity index (χ2n) is 6.29. The highest BCUT2D eigenvalue weighted by Crippen LogP contribution is 2.36. The standard InChI is InChI=1S/C17H23N3O3/c1-23-9-8-18-16(22)17(6-7-17)20-15(21)11-13-10-12-4-2-3-5-14(12)19-13/h2-5,13,19H,6-11H2,1H3,(H,18,22)(H,20,21)/t13-/m0/s1. The summed E-state index contributed by atoms with van der Waals surface area (Å²) in [6.07, 6.45) is 2.63. The monoisotopic (exact) mass is 317 g/mol. The molecule has 0 radical (unpaired) electrons. The number of amides is 2. The summed E-state index contributed by atoms with van der Waals surface area (Å²) in [7, 11) is 1.59. The number of fused-ring (bicyclic) bond motifs is 1. The highest BCUT2D eigenvalue weighted by Gasteiger charge is 2.51. The Labute approximate surface area is 136 Å². The van der Waals surface area contributed by atoms with E-state index < -0.39 is 5.54 Å². The molecule has 1 aliphatic carbocycles. The topological polar surface area (TPSA) is 79.5 Å². The molecule has 3 N–H and O–H groups in total. The first-order valence-electron chi connectivity index (χ1n) is 8.06. The number of methoxy groups -OCH3 is 1. The van der Waals surface area contributed by atoms with E-state index in [1.54, 1.807) is 7.11 Å². The number of hydrogen-bond acceptors (Lipinski definition) is 4. The van der Waals surface area contributed by atoms with E-state index in [4.69, 9.17) is 4.74 Å². The first-order chi connectivity index (χ1) is 11.1. The fourth-order valence-electron chi connectivity index (χ4n) is 3.01. The SMILES string of the molecule is COCCNC(=O)C1(NC(=O)C[C@@H]2Cc3ccccc3N2)CC1. The van der Waals surface area contributed by atoms with E-state index in [9.17, 15) is 9.59 Å². The van der Waals surface area contributed by atoms with Crippen LogP contribution in [0.25, 0.3) is 0 Å². The molecule has 1 atom stereocenters.